The zero-order valence-electron chi connectivity index (χ0n) is 5.37. The van der Waals surface area contributed by atoms with Crippen LogP contribution in [0.15, 0.2) is 0 Å². The number of hydrogen-bond acceptors (Lipinski definition) is 2. The lowest BCUT2D eigenvalue weighted by Gasteiger charge is -2.13. The average molecular weight is 206 g/mol. The summed E-state index contributed by atoms with van der Waals surface area (Å²) in [6.45, 7) is -0.186. The smallest absolute Gasteiger partial charge is 0.243 e. The van der Waals surface area contributed by atoms with Crippen molar-refractivity contribution < 1.29 is 17.2 Å². The molecule has 1 fully saturated rings. The van der Waals surface area contributed by atoms with E-state index in [9.17, 15) is 17.2 Å². The van der Waals surface area contributed by atoms with Crippen molar-refractivity contribution in [3.8, 4) is 0 Å². The summed E-state index contributed by atoms with van der Waals surface area (Å²) in [5, 5.41) is 0. The maximum atomic E-state index is 12.6. The van der Waals surface area contributed by atoms with Gasteiger partial charge in [-0.3, -0.25) is 0 Å². The first-order chi connectivity index (χ1) is 4.93. The summed E-state index contributed by atoms with van der Waals surface area (Å²) in [7, 11) is 0.697. The molecule has 1 aliphatic rings. The molecule has 1 rings (SSSR count). The number of nitrogens with zero attached hydrogens (tertiary/aromatic N) is 1. The van der Waals surface area contributed by atoms with E-state index in [1.165, 1.54) is 0 Å². The second-order valence-electron chi connectivity index (χ2n) is 2.23. The molecule has 66 valence electrons. The molecular formula is C4H6ClF2NO2S. The van der Waals surface area contributed by atoms with E-state index in [4.69, 9.17) is 10.7 Å². The highest BCUT2D eigenvalue weighted by Crippen LogP contribution is 2.26. The molecule has 0 spiro atoms. The van der Waals surface area contributed by atoms with Gasteiger partial charge < -0.3 is 0 Å². The molecule has 0 N–H and O–H groups in total. The third-order valence-corrected chi connectivity index (χ3v) is 2.95. The first-order valence-electron chi connectivity index (χ1n) is 2.92. The van der Waals surface area contributed by atoms with Gasteiger partial charge in [0.2, 0.25) is 0 Å². The van der Waals surface area contributed by atoms with Gasteiger partial charge in [0.25, 0.3) is 0 Å². The van der Waals surface area contributed by atoms with Crippen LogP contribution in [-0.4, -0.2) is 31.7 Å². The van der Waals surface area contributed by atoms with E-state index in [0.29, 0.717) is 4.31 Å². The van der Waals surface area contributed by atoms with Crippen molar-refractivity contribution in [2.75, 3.05) is 6.54 Å². The van der Waals surface area contributed by atoms with Gasteiger partial charge in [-0.1, -0.05) is 0 Å². The van der Waals surface area contributed by atoms with Crippen molar-refractivity contribution in [3.63, 3.8) is 0 Å². The van der Waals surface area contributed by atoms with Crippen LogP contribution in [0.1, 0.15) is 6.42 Å². The van der Waals surface area contributed by atoms with E-state index in [1.807, 2.05) is 0 Å². The van der Waals surface area contributed by atoms with Crippen molar-refractivity contribution in [1.29, 1.82) is 0 Å². The highest BCUT2D eigenvalue weighted by atomic mass is 35.7. The molecule has 0 aromatic heterocycles. The van der Waals surface area contributed by atoms with Crippen LogP contribution in [0.5, 0.6) is 0 Å². The lowest BCUT2D eigenvalue weighted by atomic mass is 10.3. The Hall–Kier alpha value is 0.0600. The van der Waals surface area contributed by atoms with Crippen LogP contribution < -0.4 is 0 Å². The number of rotatable bonds is 1. The van der Waals surface area contributed by atoms with Crippen LogP contribution in [0, 0.1) is 0 Å². The molecule has 7 heteroatoms. The van der Waals surface area contributed by atoms with Crippen LogP contribution in [0.2, 0.25) is 0 Å². The second kappa shape index (κ2) is 2.84. The minimum atomic E-state index is -4.09. The van der Waals surface area contributed by atoms with Crippen molar-refractivity contribution in [2.45, 2.75) is 18.9 Å². The maximum Gasteiger partial charge on any atom is 0.302 e. The molecule has 3 nitrogen and oxygen atoms in total. The van der Waals surface area contributed by atoms with Crippen molar-refractivity contribution >= 4 is 19.9 Å². The molecule has 0 aromatic carbocycles. The van der Waals surface area contributed by atoms with Gasteiger partial charge in [0, 0.05) is 17.2 Å². The van der Waals surface area contributed by atoms with Gasteiger partial charge in [-0.05, 0) is 6.42 Å². The Kier molecular flexibility index (Phi) is 2.36. The predicted octanol–water partition coefficient (Wildman–Crippen LogP) is 0.809. The fourth-order valence-corrected chi connectivity index (χ4v) is 2.05. The normalized spacial score (nSPS) is 34.5. The van der Waals surface area contributed by atoms with E-state index in [1.54, 1.807) is 0 Å². The van der Waals surface area contributed by atoms with Gasteiger partial charge in [-0.25, -0.2) is 8.78 Å². The van der Waals surface area contributed by atoms with E-state index >= 15 is 0 Å². The number of alkyl halides is 2. The van der Waals surface area contributed by atoms with E-state index in [2.05, 4.69) is 0 Å². The topological polar surface area (TPSA) is 37.4 Å². The Labute approximate surface area is 67.5 Å². The molecule has 0 radical (unpaired) electrons. The minimum absolute atomic E-state index is 0.132. The Bertz CT molecular complexity index is 244. The Balaban J connectivity index is 2.78. The molecular weight excluding hydrogens is 200 g/mol. The van der Waals surface area contributed by atoms with Crippen LogP contribution in [0.4, 0.5) is 8.78 Å². The van der Waals surface area contributed by atoms with Gasteiger partial charge in [-0.15, -0.1) is 0 Å². The summed E-state index contributed by atoms with van der Waals surface area (Å²) < 4.78 is 46.2. The molecule has 1 saturated heterocycles. The van der Waals surface area contributed by atoms with Crippen LogP contribution >= 0.6 is 10.7 Å². The molecule has 0 aromatic rings. The molecule has 1 heterocycles. The number of halogens is 3. The summed E-state index contributed by atoms with van der Waals surface area (Å²) in [6, 6.07) is 0. The standard InChI is InChI=1S/C4H6ClF2NO2S/c5-11(9,10)8-2-1-3(6)4(8)7/h3-4H,1-2H2. The summed E-state index contributed by atoms with van der Waals surface area (Å²) in [4.78, 5) is 0. The zero-order chi connectivity index (χ0) is 8.65. The van der Waals surface area contributed by atoms with Gasteiger partial charge in [-0.2, -0.15) is 12.7 Å². The van der Waals surface area contributed by atoms with Crippen LogP contribution in [-0.2, 0) is 9.24 Å². The molecule has 0 aliphatic carbocycles. The molecule has 0 saturated carbocycles. The fourth-order valence-electron chi connectivity index (χ4n) is 0.921. The van der Waals surface area contributed by atoms with E-state index < -0.39 is 21.7 Å². The SMILES string of the molecule is O=S(=O)(Cl)N1CCC(F)C1F. The summed E-state index contributed by atoms with van der Waals surface area (Å²) in [5.74, 6) is 0. The first-order valence-corrected chi connectivity index (χ1v) is 5.19. The number of hydrogen-bond donors (Lipinski definition) is 0. The lowest BCUT2D eigenvalue weighted by molar-refractivity contribution is 0.131. The van der Waals surface area contributed by atoms with Crippen LogP contribution in [0.25, 0.3) is 0 Å². The summed E-state index contributed by atoms with van der Waals surface area (Å²) in [6.07, 6.45) is -3.99. The van der Waals surface area contributed by atoms with Gasteiger partial charge in [0.1, 0.15) is 6.17 Å². The molecule has 11 heavy (non-hydrogen) atoms. The quantitative estimate of drug-likeness (QED) is 0.469. The Morgan fingerprint density at radius 3 is 2.18 bits per heavy atom. The maximum absolute atomic E-state index is 12.6. The zero-order valence-corrected chi connectivity index (χ0v) is 6.95. The summed E-state index contributed by atoms with van der Waals surface area (Å²) >= 11 is 0. The van der Waals surface area contributed by atoms with Crippen molar-refractivity contribution in [2.24, 2.45) is 0 Å². The molecule has 2 atom stereocenters. The minimum Gasteiger partial charge on any atom is -0.243 e. The molecule has 0 bridgehead atoms. The molecule has 1 aliphatic heterocycles. The van der Waals surface area contributed by atoms with Crippen molar-refractivity contribution in [1.82, 2.24) is 4.31 Å². The van der Waals surface area contributed by atoms with E-state index in [0.717, 1.165) is 0 Å². The first kappa shape index (κ1) is 9.15. The second-order valence-corrected chi connectivity index (χ2v) is 4.69. The Morgan fingerprint density at radius 2 is 2.00 bits per heavy atom. The fraction of sp³-hybridized carbons (Fsp3) is 1.00. The van der Waals surface area contributed by atoms with Gasteiger partial charge >= 0.3 is 9.24 Å². The highest BCUT2D eigenvalue weighted by Gasteiger charge is 2.40. The van der Waals surface area contributed by atoms with Gasteiger partial charge in [0.05, 0.1) is 0 Å². The average Bonchev–Trinajstić information content (AvgIpc) is 2.11. The predicted molar refractivity (Wildman–Crippen MR) is 35.9 cm³/mol. The van der Waals surface area contributed by atoms with Gasteiger partial charge in [0.15, 0.2) is 6.30 Å². The molecule has 0 amide bonds. The van der Waals surface area contributed by atoms with E-state index in [-0.39, 0.29) is 13.0 Å². The monoisotopic (exact) mass is 205 g/mol. The van der Waals surface area contributed by atoms with Crippen LogP contribution in [0.3, 0.4) is 0 Å². The molecule has 2 unspecified atom stereocenters. The third-order valence-electron chi connectivity index (χ3n) is 1.48. The summed E-state index contributed by atoms with van der Waals surface area (Å²) in [5.41, 5.74) is 0. The largest absolute Gasteiger partial charge is 0.302 e. The third kappa shape index (κ3) is 1.80. The van der Waals surface area contributed by atoms with Crippen molar-refractivity contribution in [3.05, 3.63) is 0 Å². The Morgan fingerprint density at radius 1 is 1.45 bits per heavy atom. The highest BCUT2D eigenvalue weighted by molar-refractivity contribution is 8.11. The lowest BCUT2D eigenvalue weighted by Crippen LogP contribution is -2.32.